The van der Waals surface area contributed by atoms with E-state index in [-0.39, 0.29) is 11.1 Å². The molecule has 4 nitrogen and oxygen atoms in total. The Kier molecular flexibility index (Phi) is 7.96. The minimum Gasteiger partial charge on any atom is -0.444 e. The maximum atomic E-state index is 11.4. The lowest BCUT2D eigenvalue weighted by molar-refractivity contribution is 0.0527. The smallest absolute Gasteiger partial charge is 0.407 e. The minimum atomic E-state index is -1.61. The third-order valence-corrected chi connectivity index (χ3v) is 8.30. The Morgan fingerprint density at radius 1 is 1.00 bits per heavy atom. The van der Waals surface area contributed by atoms with Crippen LogP contribution < -0.4 is 5.32 Å². The SMILES string of the molecule is CC(C)(C)OC(=O)NCCCCCO[Si](C)(C)C(C)(C)C. The van der Waals surface area contributed by atoms with Crippen LogP contribution in [-0.2, 0) is 9.16 Å². The summed E-state index contributed by atoms with van der Waals surface area (Å²) in [7, 11) is -1.61. The average molecular weight is 318 g/mol. The van der Waals surface area contributed by atoms with Gasteiger partial charge >= 0.3 is 6.09 Å². The zero-order valence-electron chi connectivity index (χ0n) is 15.3. The van der Waals surface area contributed by atoms with E-state index in [9.17, 15) is 4.79 Å². The number of carbonyl (C=O) groups is 1. The third kappa shape index (κ3) is 9.90. The van der Waals surface area contributed by atoms with Gasteiger partial charge in [0.1, 0.15) is 5.60 Å². The molecule has 0 unspecified atom stereocenters. The number of hydrogen-bond acceptors (Lipinski definition) is 3. The first-order valence-electron chi connectivity index (χ1n) is 7.96. The molecule has 0 aliphatic heterocycles. The molecule has 0 aromatic heterocycles. The lowest BCUT2D eigenvalue weighted by Gasteiger charge is -2.36. The van der Waals surface area contributed by atoms with Crippen LogP contribution in [0.25, 0.3) is 0 Å². The first-order chi connectivity index (χ1) is 9.35. The molecule has 0 aromatic rings. The Morgan fingerprint density at radius 2 is 1.57 bits per heavy atom. The van der Waals surface area contributed by atoms with Gasteiger partial charge in [-0.25, -0.2) is 4.79 Å². The topological polar surface area (TPSA) is 47.6 Å². The van der Waals surface area contributed by atoms with E-state index in [0.29, 0.717) is 6.54 Å². The van der Waals surface area contributed by atoms with Crippen LogP contribution in [0.15, 0.2) is 0 Å². The quantitative estimate of drug-likeness (QED) is 0.547. The van der Waals surface area contributed by atoms with Crippen molar-refractivity contribution < 1.29 is 14.0 Å². The molecule has 0 spiro atoms. The predicted molar refractivity (Wildman–Crippen MR) is 91.2 cm³/mol. The third-order valence-electron chi connectivity index (χ3n) is 3.76. The molecule has 0 saturated heterocycles. The number of carbonyl (C=O) groups excluding carboxylic acids is 1. The van der Waals surface area contributed by atoms with Gasteiger partial charge in [-0.3, -0.25) is 0 Å². The molecule has 0 rings (SSSR count). The van der Waals surface area contributed by atoms with Gasteiger partial charge in [-0.05, 0) is 58.2 Å². The molecule has 0 saturated carbocycles. The Morgan fingerprint density at radius 3 is 2.05 bits per heavy atom. The highest BCUT2D eigenvalue weighted by molar-refractivity contribution is 6.74. The Hall–Kier alpha value is -0.553. The first-order valence-corrected chi connectivity index (χ1v) is 10.9. The van der Waals surface area contributed by atoms with Crippen LogP contribution >= 0.6 is 0 Å². The largest absolute Gasteiger partial charge is 0.444 e. The van der Waals surface area contributed by atoms with Crippen molar-refractivity contribution in [1.29, 1.82) is 0 Å². The summed E-state index contributed by atoms with van der Waals surface area (Å²) in [4.78, 5) is 11.4. The van der Waals surface area contributed by atoms with Crippen molar-refractivity contribution in [2.24, 2.45) is 0 Å². The number of amides is 1. The van der Waals surface area contributed by atoms with E-state index in [1.807, 2.05) is 20.8 Å². The molecule has 0 heterocycles. The van der Waals surface area contributed by atoms with Gasteiger partial charge in [-0.2, -0.15) is 0 Å². The Balaban J connectivity index is 3.64. The number of alkyl carbamates (subject to hydrolysis) is 1. The molecule has 0 aliphatic carbocycles. The van der Waals surface area contributed by atoms with Gasteiger partial charge in [0.25, 0.3) is 0 Å². The van der Waals surface area contributed by atoms with Crippen molar-refractivity contribution in [1.82, 2.24) is 5.32 Å². The van der Waals surface area contributed by atoms with Gasteiger partial charge < -0.3 is 14.5 Å². The number of nitrogens with one attached hydrogen (secondary N) is 1. The summed E-state index contributed by atoms with van der Waals surface area (Å²) in [5.74, 6) is 0. The van der Waals surface area contributed by atoms with E-state index < -0.39 is 13.9 Å². The van der Waals surface area contributed by atoms with Crippen LogP contribution in [0.4, 0.5) is 4.79 Å². The molecule has 0 aromatic carbocycles. The van der Waals surface area contributed by atoms with Crippen molar-refractivity contribution >= 4 is 14.4 Å². The first kappa shape index (κ1) is 20.4. The molecular weight excluding hydrogens is 282 g/mol. The summed E-state index contributed by atoms with van der Waals surface area (Å²) in [6, 6.07) is 0. The van der Waals surface area contributed by atoms with Crippen LogP contribution in [0.1, 0.15) is 60.8 Å². The van der Waals surface area contributed by atoms with Gasteiger partial charge in [-0.15, -0.1) is 0 Å². The number of hydrogen-bond donors (Lipinski definition) is 1. The van der Waals surface area contributed by atoms with Crippen LogP contribution in [0.2, 0.25) is 18.1 Å². The van der Waals surface area contributed by atoms with E-state index in [1.54, 1.807) is 0 Å². The van der Waals surface area contributed by atoms with Gasteiger partial charge in [0, 0.05) is 13.2 Å². The fourth-order valence-corrected chi connectivity index (χ4v) is 2.54. The molecule has 0 fully saturated rings. The lowest BCUT2D eigenvalue weighted by Crippen LogP contribution is -2.40. The molecule has 0 aliphatic rings. The molecule has 5 heteroatoms. The summed E-state index contributed by atoms with van der Waals surface area (Å²) >= 11 is 0. The van der Waals surface area contributed by atoms with Crippen molar-refractivity contribution in [3.05, 3.63) is 0 Å². The van der Waals surface area contributed by atoms with Crippen molar-refractivity contribution in [2.75, 3.05) is 13.2 Å². The zero-order chi connectivity index (χ0) is 16.7. The fourth-order valence-electron chi connectivity index (χ4n) is 1.45. The van der Waals surface area contributed by atoms with Gasteiger partial charge in [0.15, 0.2) is 8.32 Å². The summed E-state index contributed by atoms with van der Waals surface area (Å²) in [5, 5.41) is 3.05. The second-order valence-electron chi connectivity index (χ2n) is 8.10. The Bertz CT molecular complexity index is 316. The fraction of sp³-hybridized carbons (Fsp3) is 0.938. The van der Waals surface area contributed by atoms with Crippen LogP contribution in [-0.4, -0.2) is 33.2 Å². The van der Waals surface area contributed by atoms with Crippen molar-refractivity contribution in [2.45, 2.75) is 84.5 Å². The molecule has 0 radical (unpaired) electrons. The molecule has 126 valence electrons. The van der Waals surface area contributed by atoms with E-state index >= 15 is 0 Å². The molecule has 0 bridgehead atoms. The van der Waals surface area contributed by atoms with Crippen LogP contribution in [0.5, 0.6) is 0 Å². The molecule has 0 atom stereocenters. The molecular formula is C16H35NO3Si. The van der Waals surface area contributed by atoms with Gasteiger partial charge in [0.2, 0.25) is 0 Å². The second-order valence-corrected chi connectivity index (χ2v) is 12.9. The highest BCUT2D eigenvalue weighted by Gasteiger charge is 2.36. The normalized spacial score (nSPS) is 13.1. The number of ether oxygens (including phenoxy) is 1. The summed E-state index contributed by atoms with van der Waals surface area (Å²) < 4.78 is 11.3. The summed E-state index contributed by atoms with van der Waals surface area (Å²) in [6.45, 7) is 18.4. The van der Waals surface area contributed by atoms with Crippen molar-refractivity contribution in [3.8, 4) is 0 Å². The van der Waals surface area contributed by atoms with Crippen molar-refractivity contribution in [3.63, 3.8) is 0 Å². The summed E-state index contributed by atoms with van der Waals surface area (Å²) in [6.07, 6.45) is 2.73. The van der Waals surface area contributed by atoms with Gasteiger partial charge in [0.05, 0.1) is 0 Å². The monoisotopic (exact) mass is 317 g/mol. The average Bonchev–Trinajstić information content (AvgIpc) is 2.23. The number of rotatable bonds is 7. The minimum absolute atomic E-state index is 0.269. The Labute approximate surface area is 132 Å². The maximum absolute atomic E-state index is 11.4. The van der Waals surface area contributed by atoms with E-state index in [1.165, 1.54) is 0 Å². The highest BCUT2D eigenvalue weighted by Crippen LogP contribution is 2.36. The van der Waals surface area contributed by atoms with E-state index in [0.717, 1.165) is 25.9 Å². The molecule has 1 amide bonds. The van der Waals surface area contributed by atoms with Crippen LogP contribution in [0, 0.1) is 0 Å². The predicted octanol–water partition coefficient (Wildman–Crippen LogP) is 4.70. The summed E-state index contributed by atoms with van der Waals surface area (Å²) in [5.41, 5.74) is -0.429. The second kappa shape index (κ2) is 8.18. The molecule has 21 heavy (non-hydrogen) atoms. The lowest BCUT2D eigenvalue weighted by atomic mass is 10.2. The van der Waals surface area contributed by atoms with E-state index in [4.69, 9.17) is 9.16 Å². The van der Waals surface area contributed by atoms with Crippen LogP contribution in [0.3, 0.4) is 0 Å². The maximum Gasteiger partial charge on any atom is 0.407 e. The van der Waals surface area contributed by atoms with E-state index in [2.05, 4.69) is 39.2 Å². The standard InChI is InChI=1S/C16H35NO3Si/c1-15(2,3)20-14(18)17-12-10-9-11-13-19-21(7,8)16(4,5)6/h9-13H2,1-8H3,(H,17,18). The van der Waals surface area contributed by atoms with Gasteiger partial charge in [-0.1, -0.05) is 20.8 Å². The number of unbranched alkanes of at least 4 members (excludes halogenated alkanes) is 2. The molecule has 1 N–H and O–H groups in total. The zero-order valence-corrected chi connectivity index (χ0v) is 16.3. The highest BCUT2D eigenvalue weighted by atomic mass is 28.4.